The van der Waals surface area contributed by atoms with Gasteiger partial charge in [0.2, 0.25) is 0 Å². The number of piperazine rings is 1. The summed E-state index contributed by atoms with van der Waals surface area (Å²) in [4.78, 5) is 17.7. The standard InChI is InChI=1S/C21H28N4O/c1-15-11-16(2)25(22-15)14-18-5-4-6-19(12-18)21(26)24-10-9-23(13-17(24)3)20-7-8-20/h4-6,11-12,17,20H,7-10,13-14H2,1-3H3. The Hall–Kier alpha value is -2.14. The Kier molecular flexibility index (Phi) is 4.57. The molecule has 0 N–H and O–H groups in total. The maximum atomic E-state index is 13.1. The molecule has 5 nitrogen and oxygen atoms in total. The lowest BCUT2D eigenvalue weighted by atomic mass is 10.1. The monoisotopic (exact) mass is 352 g/mol. The van der Waals surface area contributed by atoms with Gasteiger partial charge in [0.05, 0.1) is 12.2 Å². The number of hydrogen-bond acceptors (Lipinski definition) is 3. The molecule has 1 saturated carbocycles. The number of aromatic nitrogens is 2. The van der Waals surface area contributed by atoms with Crippen molar-refractivity contribution in [1.82, 2.24) is 19.6 Å². The number of aryl methyl sites for hydroxylation is 2. The molecule has 1 amide bonds. The average molecular weight is 352 g/mol. The van der Waals surface area contributed by atoms with Gasteiger partial charge in [0.1, 0.15) is 0 Å². The third-order valence-electron chi connectivity index (χ3n) is 5.59. The first-order valence-electron chi connectivity index (χ1n) is 9.66. The molecule has 2 heterocycles. The Morgan fingerprint density at radius 2 is 2.00 bits per heavy atom. The van der Waals surface area contributed by atoms with Gasteiger partial charge >= 0.3 is 0 Å². The molecular weight excluding hydrogens is 324 g/mol. The lowest BCUT2D eigenvalue weighted by Gasteiger charge is -2.40. The molecular formula is C21H28N4O. The summed E-state index contributed by atoms with van der Waals surface area (Å²) in [6, 6.07) is 11.2. The van der Waals surface area contributed by atoms with Crippen LogP contribution in [0.2, 0.25) is 0 Å². The summed E-state index contributed by atoms with van der Waals surface area (Å²) in [6.07, 6.45) is 2.66. The zero-order chi connectivity index (χ0) is 18.3. The number of hydrogen-bond donors (Lipinski definition) is 0. The highest BCUT2D eigenvalue weighted by Gasteiger charge is 2.35. The molecule has 26 heavy (non-hydrogen) atoms. The first kappa shape index (κ1) is 17.3. The minimum Gasteiger partial charge on any atom is -0.333 e. The number of carbonyl (C=O) groups is 1. The zero-order valence-corrected chi connectivity index (χ0v) is 16.0. The Morgan fingerprint density at radius 3 is 2.65 bits per heavy atom. The van der Waals surface area contributed by atoms with Gasteiger partial charge in [0.15, 0.2) is 0 Å². The molecule has 5 heteroatoms. The van der Waals surface area contributed by atoms with E-state index in [1.54, 1.807) is 0 Å². The minimum absolute atomic E-state index is 0.156. The molecule has 2 fully saturated rings. The predicted octanol–water partition coefficient (Wildman–Crippen LogP) is 2.86. The Labute approximate surface area is 155 Å². The van der Waals surface area contributed by atoms with Crippen molar-refractivity contribution in [3.8, 4) is 0 Å². The number of carbonyl (C=O) groups excluding carboxylic acids is 1. The summed E-state index contributed by atoms with van der Waals surface area (Å²) in [7, 11) is 0. The second kappa shape index (κ2) is 6.88. The van der Waals surface area contributed by atoms with Crippen molar-refractivity contribution in [2.45, 2.75) is 52.2 Å². The van der Waals surface area contributed by atoms with Crippen molar-refractivity contribution >= 4 is 5.91 Å². The van der Waals surface area contributed by atoms with Crippen LogP contribution in [0.1, 0.15) is 47.1 Å². The zero-order valence-electron chi connectivity index (χ0n) is 16.0. The molecule has 1 aliphatic heterocycles. The van der Waals surface area contributed by atoms with Crippen LogP contribution in [0.4, 0.5) is 0 Å². The van der Waals surface area contributed by atoms with E-state index in [0.29, 0.717) is 6.54 Å². The summed E-state index contributed by atoms with van der Waals surface area (Å²) in [5, 5.41) is 4.53. The third kappa shape index (κ3) is 3.54. The molecule has 0 bridgehead atoms. The molecule has 1 unspecified atom stereocenters. The molecule has 0 spiro atoms. The number of amides is 1. The van der Waals surface area contributed by atoms with Gasteiger partial charge < -0.3 is 4.90 Å². The number of benzene rings is 1. The van der Waals surface area contributed by atoms with Crippen molar-refractivity contribution in [2.24, 2.45) is 0 Å². The lowest BCUT2D eigenvalue weighted by Crippen LogP contribution is -2.54. The summed E-state index contributed by atoms with van der Waals surface area (Å²) in [5.74, 6) is 0.156. The van der Waals surface area contributed by atoms with Crippen LogP contribution in [-0.4, -0.2) is 57.2 Å². The van der Waals surface area contributed by atoms with Crippen LogP contribution < -0.4 is 0 Å². The SMILES string of the molecule is Cc1cc(C)n(Cc2cccc(C(=O)N3CCN(C4CC4)CC3C)c2)n1. The van der Waals surface area contributed by atoms with E-state index < -0.39 is 0 Å². The second-order valence-electron chi connectivity index (χ2n) is 7.86. The summed E-state index contributed by atoms with van der Waals surface area (Å²) >= 11 is 0. The smallest absolute Gasteiger partial charge is 0.254 e. The topological polar surface area (TPSA) is 41.4 Å². The highest BCUT2D eigenvalue weighted by Crippen LogP contribution is 2.29. The highest BCUT2D eigenvalue weighted by molar-refractivity contribution is 5.94. The van der Waals surface area contributed by atoms with Crippen LogP contribution >= 0.6 is 0 Å². The minimum atomic E-state index is 0.156. The van der Waals surface area contributed by atoms with E-state index in [4.69, 9.17) is 0 Å². The van der Waals surface area contributed by atoms with E-state index in [1.165, 1.54) is 12.8 Å². The molecule has 4 rings (SSSR count). The fraction of sp³-hybridized carbons (Fsp3) is 0.524. The van der Waals surface area contributed by atoms with Crippen LogP contribution in [0.5, 0.6) is 0 Å². The van der Waals surface area contributed by atoms with Crippen molar-refractivity contribution < 1.29 is 4.79 Å². The van der Waals surface area contributed by atoms with Crippen molar-refractivity contribution in [2.75, 3.05) is 19.6 Å². The summed E-state index contributed by atoms with van der Waals surface area (Å²) < 4.78 is 2.00. The van der Waals surface area contributed by atoms with Crippen molar-refractivity contribution in [3.63, 3.8) is 0 Å². The van der Waals surface area contributed by atoms with Crippen molar-refractivity contribution in [1.29, 1.82) is 0 Å². The first-order valence-corrected chi connectivity index (χ1v) is 9.66. The van der Waals surface area contributed by atoms with E-state index in [9.17, 15) is 4.79 Å². The molecule has 2 aliphatic rings. The van der Waals surface area contributed by atoms with Crippen LogP contribution in [0, 0.1) is 13.8 Å². The van der Waals surface area contributed by atoms with Gasteiger partial charge in [-0.25, -0.2) is 0 Å². The van der Waals surface area contributed by atoms with Crippen LogP contribution in [0.3, 0.4) is 0 Å². The van der Waals surface area contributed by atoms with E-state index in [-0.39, 0.29) is 11.9 Å². The van der Waals surface area contributed by atoms with Gasteiger partial charge in [-0.15, -0.1) is 0 Å². The fourth-order valence-electron chi connectivity index (χ4n) is 4.04. The van der Waals surface area contributed by atoms with E-state index in [1.807, 2.05) is 34.7 Å². The molecule has 0 radical (unpaired) electrons. The average Bonchev–Trinajstić information content (AvgIpc) is 3.41. The molecule has 1 aliphatic carbocycles. The van der Waals surface area contributed by atoms with Crippen LogP contribution in [-0.2, 0) is 6.54 Å². The summed E-state index contributed by atoms with van der Waals surface area (Å²) in [5.41, 5.74) is 4.07. The van der Waals surface area contributed by atoms with Gasteiger partial charge in [0.25, 0.3) is 5.91 Å². The molecule has 1 atom stereocenters. The maximum absolute atomic E-state index is 13.1. The number of nitrogens with zero attached hydrogens (tertiary/aromatic N) is 4. The van der Waals surface area contributed by atoms with Crippen LogP contribution in [0.25, 0.3) is 0 Å². The Bertz CT molecular complexity index is 808. The van der Waals surface area contributed by atoms with E-state index >= 15 is 0 Å². The van der Waals surface area contributed by atoms with E-state index in [0.717, 1.165) is 48.2 Å². The molecule has 138 valence electrons. The highest BCUT2D eigenvalue weighted by atomic mass is 16.2. The van der Waals surface area contributed by atoms with Gasteiger partial charge in [-0.05, 0) is 57.4 Å². The second-order valence-corrected chi connectivity index (χ2v) is 7.86. The maximum Gasteiger partial charge on any atom is 0.254 e. The largest absolute Gasteiger partial charge is 0.333 e. The predicted molar refractivity (Wildman–Crippen MR) is 102 cm³/mol. The molecule has 1 saturated heterocycles. The third-order valence-corrected chi connectivity index (χ3v) is 5.59. The van der Waals surface area contributed by atoms with Gasteiger partial charge in [-0.2, -0.15) is 5.10 Å². The van der Waals surface area contributed by atoms with E-state index in [2.05, 4.69) is 36.0 Å². The fourth-order valence-corrected chi connectivity index (χ4v) is 4.04. The normalized spacial score (nSPS) is 21.2. The number of rotatable bonds is 4. The van der Waals surface area contributed by atoms with Crippen LogP contribution in [0.15, 0.2) is 30.3 Å². The Balaban J connectivity index is 1.47. The molecule has 2 aromatic rings. The van der Waals surface area contributed by atoms with Gasteiger partial charge in [-0.1, -0.05) is 12.1 Å². The first-order chi connectivity index (χ1) is 12.5. The lowest BCUT2D eigenvalue weighted by molar-refractivity contribution is 0.0474. The molecule has 1 aromatic carbocycles. The van der Waals surface area contributed by atoms with Crippen molar-refractivity contribution in [3.05, 3.63) is 52.8 Å². The van der Waals surface area contributed by atoms with Gasteiger partial charge in [0, 0.05) is 43.0 Å². The quantitative estimate of drug-likeness (QED) is 0.850. The molecule has 1 aromatic heterocycles. The Morgan fingerprint density at radius 1 is 1.19 bits per heavy atom. The summed E-state index contributed by atoms with van der Waals surface area (Å²) in [6.45, 7) is 9.78. The van der Waals surface area contributed by atoms with Gasteiger partial charge in [-0.3, -0.25) is 14.4 Å².